The Hall–Kier alpha value is -1.90. The lowest BCUT2D eigenvalue weighted by Gasteiger charge is -2.41. The minimum absolute atomic E-state index is 0.106. The second-order valence-electron chi connectivity index (χ2n) is 6.73. The number of rotatable bonds is 1. The summed E-state index contributed by atoms with van der Waals surface area (Å²) >= 11 is 0. The third kappa shape index (κ3) is 2.49. The number of pyridine rings is 1. The van der Waals surface area contributed by atoms with Crippen LogP contribution >= 0.6 is 0 Å². The summed E-state index contributed by atoms with van der Waals surface area (Å²) in [5.41, 5.74) is 1.49. The standard InChI is InChI=1S/C19H22N2O/c22-19(18-10-9-15-6-3-4-8-17(15)20-18)21-12-11-14-5-1-2-7-16(14)13-21/h3-4,6,8-10,14,16H,1-2,5,7,11-13H2/t14-,16+/m0/s1. The van der Waals surface area contributed by atoms with Gasteiger partial charge in [0.1, 0.15) is 5.69 Å². The number of piperidine rings is 1. The SMILES string of the molecule is O=C(c1ccc2ccccc2n1)N1CC[C@@H]2CCCC[C@@H]2C1. The summed E-state index contributed by atoms with van der Waals surface area (Å²) in [6.45, 7) is 1.83. The number of benzene rings is 1. The molecule has 0 radical (unpaired) electrons. The van der Waals surface area contributed by atoms with E-state index in [0.29, 0.717) is 11.6 Å². The van der Waals surface area contributed by atoms with E-state index in [1.165, 1.54) is 32.1 Å². The largest absolute Gasteiger partial charge is 0.337 e. The number of hydrogen-bond acceptors (Lipinski definition) is 2. The van der Waals surface area contributed by atoms with Gasteiger partial charge >= 0.3 is 0 Å². The van der Waals surface area contributed by atoms with Crippen molar-refractivity contribution in [2.24, 2.45) is 11.8 Å². The van der Waals surface area contributed by atoms with Gasteiger partial charge in [0.25, 0.3) is 5.91 Å². The van der Waals surface area contributed by atoms with Gasteiger partial charge in [0.05, 0.1) is 5.52 Å². The fraction of sp³-hybridized carbons (Fsp3) is 0.474. The molecule has 1 aromatic carbocycles. The first-order valence-electron chi connectivity index (χ1n) is 8.46. The summed E-state index contributed by atoms with van der Waals surface area (Å²) in [4.78, 5) is 19.4. The van der Waals surface area contributed by atoms with Crippen LogP contribution in [-0.2, 0) is 0 Å². The molecule has 3 nitrogen and oxygen atoms in total. The van der Waals surface area contributed by atoms with Crippen molar-refractivity contribution in [2.45, 2.75) is 32.1 Å². The lowest BCUT2D eigenvalue weighted by Crippen LogP contribution is -2.45. The van der Waals surface area contributed by atoms with Crippen LogP contribution in [-0.4, -0.2) is 28.9 Å². The third-order valence-electron chi connectivity index (χ3n) is 5.40. The zero-order valence-electron chi connectivity index (χ0n) is 12.9. The molecule has 1 saturated carbocycles. The van der Waals surface area contributed by atoms with E-state index in [9.17, 15) is 4.79 Å². The van der Waals surface area contributed by atoms with Gasteiger partial charge in [0, 0.05) is 18.5 Å². The summed E-state index contributed by atoms with van der Waals surface area (Å²) in [6.07, 6.45) is 6.53. The summed E-state index contributed by atoms with van der Waals surface area (Å²) in [5.74, 6) is 1.67. The Morgan fingerprint density at radius 1 is 1.00 bits per heavy atom. The van der Waals surface area contributed by atoms with Crippen LogP contribution in [0.25, 0.3) is 10.9 Å². The molecule has 2 aliphatic rings. The molecule has 114 valence electrons. The Bertz CT molecular complexity index is 697. The Labute approximate surface area is 131 Å². The van der Waals surface area contributed by atoms with Crippen molar-refractivity contribution in [3.63, 3.8) is 0 Å². The highest BCUT2D eigenvalue weighted by atomic mass is 16.2. The van der Waals surface area contributed by atoms with Crippen LogP contribution in [0, 0.1) is 11.8 Å². The molecule has 22 heavy (non-hydrogen) atoms. The molecule has 0 spiro atoms. The predicted molar refractivity (Wildman–Crippen MR) is 87.7 cm³/mol. The monoisotopic (exact) mass is 294 g/mol. The van der Waals surface area contributed by atoms with Crippen LogP contribution in [0.15, 0.2) is 36.4 Å². The number of likely N-dealkylation sites (tertiary alicyclic amines) is 1. The number of nitrogens with zero attached hydrogens (tertiary/aromatic N) is 2. The summed E-state index contributed by atoms with van der Waals surface area (Å²) < 4.78 is 0. The quantitative estimate of drug-likeness (QED) is 0.799. The average Bonchev–Trinajstić information content (AvgIpc) is 2.60. The number of fused-ring (bicyclic) bond motifs is 2. The Morgan fingerprint density at radius 3 is 2.73 bits per heavy atom. The van der Waals surface area contributed by atoms with Crippen molar-refractivity contribution < 1.29 is 4.79 Å². The number of hydrogen-bond donors (Lipinski definition) is 0. The molecule has 0 N–H and O–H groups in total. The van der Waals surface area contributed by atoms with Crippen LogP contribution in [0.5, 0.6) is 0 Å². The first-order chi connectivity index (χ1) is 10.8. The van der Waals surface area contributed by atoms with E-state index in [4.69, 9.17) is 0 Å². The normalized spacial score (nSPS) is 25.0. The van der Waals surface area contributed by atoms with Crippen LogP contribution in [0.3, 0.4) is 0 Å². The summed E-state index contributed by atoms with van der Waals surface area (Å²) in [6, 6.07) is 11.8. The first kappa shape index (κ1) is 13.7. The Morgan fingerprint density at radius 2 is 1.82 bits per heavy atom. The summed E-state index contributed by atoms with van der Waals surface area (Å²) in [7, 11) is 0. The molecule has 3 heteroatoms. The van der Waals surface area contributed by atoms with Crippen molar-refractivity contribution in [3.05, 3.63) is 42.1 Å². The zero-order chi connectivity index (χ0) is 14.9. The zero-order valence-corrected chi connectivity index (χ0v) is 12.9. The fourth-order valence-corrected chi connectivity index (χ4v) is 4.13. The molecule has 4 rings (SSSR count). The predicted octanol–water partition coefficient (Wildman–Crippen LogP) is 3.89. The molecule has 1 saturated heterocycles. The number of para-hydroxylation sites is 1. The van der Waals surface area contributed by atoms with E-state index in [1.54, 1.807) is 0 Å². The highest BCUT2D eigenvalue weighted by Crippen LogP contribution is 2.36. The van der Waals surface area contributed by atoms with E-state index in [-0.39, 0.29) is 5.91 Å². The molecule has 0 bridgehead atoms. The molecule has 1 aromatic heterocycles. The molecule has 0 unspecified atom stereocenters. The Kier molecular flexibility index (Phi) is 3.57. The molecule has 2 heterocycles. The first-order valence-corrected chi connectivity index (χ1v) is 8.46. The maximum atomic E-state index is 12.8. The van der Waals surface area contributed by atoms with Gasteiger partial charge in [0.2, 0.25) is 0 Å². The van der Waals surface area contributed by atoms with Crippen molar-refractivity contribution >= 4 is 16.8 Å². The van der Waals surface area contributed by atoms with Gasteiger partial charge in [-0.3, -0.25) is 4.79 Å². The number of carbonyl (C=O) groups excluding carboxylic acids is 1. The van der Waals surface area contributed by atoms with Gasteiger partial charge < -0.3 is 4.90 Å². The minimum Gasteiger partial charge on any atom is -0.337 e. The molecular formula is C19H22N2O. The highest BCUT2D eigenvalue weighted by molar-refractivity contribution is 5.95. The van der Waals surface area contributed by atoms with Gasteiger partial charge in [0.15, 0.2) is 0 Å². The highest BCUT2D eigenvalue weighted by Gasteiger charge is 2.33. The summed E-state index contributed by atoms with van der Waals surface area (Å²) in [5, 5.41) is 1.09. The molecule has 2 fully saturated rings. The van der Waals surface area contributed by atoms with Crippen molar-refractivity contribution in [1.29, 1.82) is 0 Å². The number of amides is 1. The van der Waals surface area contributed by atoms with E-state index in [0.717, 1.165) is 29.9 Å². The Balaban J connectivity index is 1.55. The van der Waals surface area contributed by atoms with E-state index in [2.05, 4.69) is 4.98 Å². The second kappa shape index (κ2) is 5.71. The molecule has 1 aliphatic heterocycles. The second-order valence-corrected chi connectivity index (χ2v) is 6.73. The van der Waals surface area contributed by atoms with Gasteiger partial charge in [-0.25, -0.2) is 4.98 Å². The van der Waals surface area contributed by atoms with Gasteiger partial charge in [-0.2, -0.15) is 0 Å². The fourth-order valence-electron chi connectivity index (χ4n) is 4.13. The van der Waals surface area contributed by atoms with E-state index >= 15 is 0 Å². The van der Waals surface area contributed by atoms with Crippen molar-refractivity contribution in [1.82, 2.24) is 9.88 Å². The maximum absolute atomic E-state index is 12.8. The van der Waals surface area contributed by atoms with Crippen molar-refractivity contribution in [2.75, 3.05) is 13.1 Å². The van der Waals surface area contributed by atoms with Gasteiger partial charge in [-0.05, 0) is 36.8 Å². The minimum atomic E-state index is 0.106. The lowest BCUT2D eigenvalue weighted by molar-refractivity contribution is 0.0516. The number of aromatic nitrogens is 1. The van der Waals surface area contributed by atoms with Crippen LogP contribution in [0.4, 0.5) is 0 Å². The lowest BCUT2D eigenvalue weighted by atomic mass is 9.75. The van der Waals surface area contributed by atoms with Gasteiger partial charge in [-0.15, -0.1) is 0 Å². The maximum Gasteiger partial charge on any atom is 0.272 e. The molecule has 1 amide bonds. The topological polar surface area (TPSA) is 33.2 Å². The smallest absolute Gasteiger partial charge is 0.272 e. The van der Waals surface area contributed by atoms with E-state index < -0.39 is 0 Å². The van der Waals surface area contributed by atoms with Crippen molar-refractivity contribution in [3.8, 4) is 0 Å². The molecular weight excluding hydrogens is 272 g/mol. The van der Waals surface area contributed by atoms with Gasteiger partial charge in [-0.1, -0.05) is 43.5 Å². The van der Waals surface area contributed by atoms with Crippen LogP contribution in [0.1, 0.15) is 42.6 Å². The molecule has 2 atom stereocenters. The molecule has 2 aromatic rings. The van der Waals surface area contributed by atoms with Crippen LogP contribution in [0.2, 0.25) is 0 Å². The van der Waals surface area contributed by atoms with E-state index in [1.807, 2.05) is 41.3 Å². The van der Waals surface area contributed by atoms with Crippen LogP contribution < -0.4 is 0 Å². The third-order valence-corrected chi connectivity index (χ3v) is 5.40. The molecule has 1 aliphatic carbocycles. The average molecular weight is 294 g/mol. The number of carbonyl (C=O) groups is 1.